The predicted molar refractivity (Wildman–Crippen MR) is 90.0 cm³/mol. The largest absolute Gasteiger partial charge is 0.329 e. The molecule has 0 N–H and O–H groups in total. The van der Waals surface area contributed by atoms with Crippen LogP contribution in [0.3, 0.4) is 0 Å². The molecule has 0 radical (unpaired) electrons. The Morgan fingerprint density at radius 1 is 1.10 bits per heavy atom. The molecule has 1 aliphatic carbocycles. The number of rotatable bonds is 3. The topological polar surface area (TPSA) is 17.8 Å². The van der Waals surface area contributed by atoms with Gasteiger partial charge in [-0.1, -0.05) is 55.9 Å². The summed E-state index contributed by atoms with van der Waals surface area (Å²) in [6.45, 7) is 3.25. The smallest absolute Gasteiger partial charge is 0.141 e. The fourth-order valence-electron chi connectivity index (χ4n) is 3.22. The molecule has 0 bridgehead atoms. The summed E-state index contributed by atoms with van der Waals surface area (Å²) in [6.07, 6.45) is 7.17. The molecule has 0 fully saturated rings. The monoisotopic (exact) mass is 298 g/mol. The molecule has 1 heterocycles. The molecule has 3 heteroatoms. The van der Waals surface area contributed by atoms with Gasteiger partial charge in [-0.2, -0.15) is 0 Å². The Labute approximate surface area is 131 Å². The predicted octanol–water partition coefficient (Wildman–Crippen LogP) is 4.96. The standard InChI is InChI=1S/C18H22N2S/c1-2-13-20-16-12-8-4-7-11-15(16)18(21)19-17(20)14-9-5-3-6-10-14/h3,5-6,9-10H,2,4,7-8,11-13H2,1H3. The van der Waals surface area contributed by atoms with Gasteiger partial charge in [-0.05, 0) is 32.1 Å². The van der Waals surface area contributed by atoms with E-state index in [0.717, 1.165) is 36.3 Å². The van der Waals surface area contributed by atoms with E-state index in [0.29, 0.717) is 0 Å². The average Bonchev–Trinajstić information content (AvgIpc) is 2.77. The van der Waals surface area contributed by atoms with Gasteiger partial charge in [-0.25, -0.2) is 4.98 Å². The van der Waals surface area contributed by atoms with Crippen LogP contribution in [0.25, 0.3) is 11.4 Å². The van der Waals surface area contributed by atoms with Crippen molar-refractivity contribution in [1.82, 2.24) is 9.55 Å². The first-order valence-electron chi connectivity index (χ1n) is 7.99. The van der Waals surface area contributed by atoms with Crippen molar-refractivity contribution in [3.8, 4) is 11.4 Å². The number of hydrogen-bond acceptors (Lipinski definition) is 2. The Morgan fingerprint density at radius 3 is 2.62 bits per heavy atom. The summed E-state index contributed by atoms with van der Waals surface area (Å²) in [4.78, 5) is 4.79. The van der Waals surface area contributed by atoms with Crippen LogP contribution in [0, 0.1) is 4.64 Å². The molecule has 0 saturated heterocycles. The molecule has 110 valence electrons. The molecule has 1 aliphatic rings. The van der Waals surface area contributed by atoms with E-state index in [4.69, 9.17) is 17.2 Å². The van der Waals surface area contributed by atoms with E-state index >= 15 is 0 Å². The summed E-state index contributed by atoms with van der Waals surface area (Å²) >= 11 is 5.61. The van der Waals surface area contributed by atoms with Gasteiger partial charge in [0.05, 0.1) is 0 Å². The van der Waals surface area contributed by atoms with Crippen LogP contribution in [-0.4, -0.2) is 9.55 Å². The van der Waals surface area contributed by atoms with Gasteiger partial charge in [0.15, 0.2) is 0 Å². The van der Waals surface area contributed by atoms with Crippen molar-refractivity contribution in [2.75, 3.05) is 0 Å². The Hall–Kier alpha value is -1.48. The second kappa shape index (κ2) is 6.52. The lowest BCUT2D eigenvalue weighted by Gasteiger charge is -2.20. The van der Waals surface area contributed by atoms with Crippen LogP contribution in [0.5, 0.6) is 0 Å². The highest BCUT2D eigenvalue weighted by atomic mass is 32.1. The highest BCUT2D eigenvalue weighted by Gasteiger charge is 2.17. The quantitative estimate of drug-likeness (QED) is 0.589. The third-order valence-corrected chi connectivity index (χ3v) is 4.55. The average molecular weight is 298 g/mol. The maximum atomic E-state index is 5.61. The maximum absolute atomic E-state index is 5.61. The Bertz CT molecular complexity index is 674. The lowest BCUT2D eigenvalue weighted by Crippen LogP contribution is -2.14. The van der Waals surface area contributed by atoms with E-state index < -0.39 is 0 Å². The molecule has 1 aromatic heterocycles. The van der Waals surface area contributed by atoms with Gasteiger partial charge in [-0.3, -0.25) is 0 Å². The maximum Gasteiger partial charge on any atom is 0.141 e. The lowest BCUT2D eigenvalue weighted by molar-refractivity contribution is 0.618. The SMILES string of the molecule is CCCn1c(-c2ccccc2)nc(=S)c2c1CCCCC2. The summed E-state index contributed by atoms with van der Waals surface area (Å²) in [5.74, 6) is 1.04. The van der Waals surface area contributed by atoms with Crippen LogP contribution < -0.4 is 0 Å². The normalized spacial score (nSPS) is 14.5. The van der Waals surface area contributed by atoms with E-state index in [9.17, 15) is 0 Å². The summed E-state index contributed by atoms with van der Waals surface area (Å²) in [5, 5.41) is 0. The minimum Gasteiger partial charge on any atom is -0.329 e. The van der Waals surface area contributed by atoms with Crippen molar-refractivity contribution < 1.29 is 0 Å². The summed E-state index contributed by atoms with van der Waals surface area (Å²) in [6, 6.07) is 10.5. The minimum atomic E-state index is 0.818. The first kappa shape index (κ1) is 14.5. The zero-order valence-electron chi connectivity index (χ0n) is 12.6. The van der Waals surface area contributed by atoms with Crippen molar-refractivity contribution >= 4 is 12.2 Å². The van der Waals surface area contributed by atoms with Gasteiger partial charge < -0.3 is 4.57 Å². The van der Waals surface area contributed by atoms with Gasteiger partial charge in [0, 0.05) is 23.4 Å². The van der Waals surface area contributed by atoms with Crippen molar-refractivity contribution in [3.63, 3.8) is 0 Å². The molecular weight excluding hydrogens is 276 g/mol. The van der Waals surface area contributed by atoms with Gasteiger partial charge in [0.1, 0.15) is 10.5 Å². The molecule has 3 rings (SSSR count). The van der Waals surface area contributed by atoms with Crippen LogP contribution in [-0.2, 0) is 19.4 Å². The van der Waals surface area contributed by atoms with Crippen molar-refractivity contribution in [3.05, 3.63) is 46.2 Å². The van der Waals surface area contributed by atoms with Crippen molar-refractivity contribution in [1.29, 1.82) is 0 Å². The highest BCUT2D eigenvalue weighted by Crippen LogP contribution is 2.27. The van der Waals surface area contributed by atoms with Gasteiger partial charge in [0.25, 0.3) is 0 Å². The van der Waals surface area contributed by atoms with Crippen molar-refractivity contribution in [2.24, 2.45) is 0 Å². The molecule has 0 aliphatic heterocycles. The third-order valence-electron chi connectivity index (χ3n) is 4.21. The highest BCUT2D eigenvalue weighted by molar-refractivity contribution is 7.71. The lowest BCUT2D eigenvalue weighted by atomic mass is 10.1. The summed E-state index contributed by atoms with van der Waals surface area (Å²) < 4.78 is 3.24. The van der Waals surface area contributed by atoms with E-state index in [2.05, 4.69) is 35.8 Å². The fraction of sp³-hybridized carbons (Fsp3) is 0.444. The number of benzene rings is 1. The molecule has 2 nitrogen and oxygen atoms in total. The molecule has 0 amide bonds. The number of hydrogen-bond donors (Lipinski definition) is 0. The summed E-state index contributed by atoms with van der Waals surface area (Å²) in [5.41, 5.74) is 3.94. The molecule has 0 atom stereocenters. The van der Waals surface area contributed by atoms with Crippen LogP contribution in [0.1, 0.15) is 43.9 Å². The minimum absolute atomic E-state index is 0.818. The Morgan fingerprint density at radius 2 is 1.86 bits per heavy atom. The second-order valence-electron chi connectivity index (χ2n) is 5.74. The number of aromatic nitrogens is 2. The molecule has 0 saturated carbocycles. The first-order valence-corrected chi connectivity index (χ1v) is 8.40. The first-order chi connectivity index (χ1) is 10.3. The zero-order valence-corrected chi connectivity index (χ0v) is 13.5. The molecule has 1 aromatic carbocycles. The number of nitrogens with zero attached hydrogens (tertiary/aromatic N) is 2. The van der Waals surface area contributed by atoms with Gasteiger partial charge in [0.2, 0.25) is 0 Å². The summed E-state index contributed by atoms with van der Waals surface area (Å²) in [7, 11) is 0. The Balaban J connectivity index is 2.23. The number of fused-ring (bicyclic) bond motifs is 1. The van der Waals surface area contributed by atoms with Crippen LogP contribution in [0.2, 0.25) is 0 Å². The molecule has 0 unspecified atom stereocenters. The molecule has 2 aromatic rings. The molecular formula is C18H22N2S. The van der Waals surface area contributed by atoms with Crippen LogP contribution >= 0.6 is 12.2 Å². The fourth-order valence-corrected chi connectivity index (χ4v) is 3.52. The van der Waals surface area contributed by atoms with E-state index in [-0.39, 0.29) is 0 Å². The third kappa shape index (κ3) is 2.93. The zero-order chi connectivity index (χ0) is 14.7. The second-order valence-corrected chi connectivity index (χ2v) is 6.13. The van der Waals surface area contributed by atoms with E-state index in [1.54, 1.807) is 0 Å². The van der Waals surface area contributed by atoms with Gasteiger partial charge in [-0.15, -0.1) is 0 Å². The molecule has 0 spiro atoms. The van der Waals surface area contributed by atoms with Crippen molar-refractivity contribution in [2.45, 2.75) is 52.0 Å². The Kier molecular flexibility index (Phi) is 4.49. The van der Waals surface area contributed by atoms with Crippen LogP contribution in [0.15, 0.2) is 30.3 Å². The van der Waals surface area contributed by atoms with Gasteiger partial charge >= 0.3 is 0 Å². The van der Waals surface area contributed by atoms with E-state index in [1.807, 2.05) is 6.07 Å². The van der Waals surface area contributed by atoms with E-state index in [1.165, 1.54) is 36.1 Å². The van der Waals surface area contributed by atoms with Crippen LogP contribution in [0.4, 0.5) is 0 Å². The molecule has 21 heavy (non-hydrogen) atoms.